The zero-order chi connectivity index (χ0) is 12.4. The molecule has 1 heterocycles. The summed E-state index contributed by atoms with van der Waals surface area (Å²) in [5.41, 5.74) is 3.85. The molecule has 3 aliphatic rings. The van der Waals surface area contributed by atoms with Crippen LogP contribution in [-0.2, 0) is 4.74 Å². The molecule has 1 saturated carbocycles. The fourth-order valence-electron chi connectivity index (χ4n) is 3.10. The SMILES string of the molecule is CC1=NCCC2=CC=CCC(OC3CCCC3)=C21. The second-order valence-corrected chi connectivity index (χ2v) is 5.36. The lowest BCUT2D eigenvalue weighted by molar-refractivity contribution is 0.117. The van der Waals surface area contributed by atoms with Crippen molar-refractivity contribution in [2.75, 3.05) is 6.54 Å². The average Bonchev–Trinajstić information content (AvgIpc) is 2.78. The standard InChI is InChI=1S/C16H21NO/c1-12-16-13(10-11-17-12)6-2-5-9-15(16)18-14-7-3-4-8-14/h2,5-6,14H,3-4,7-11H2,1H3. The Bertz CT molecular complexity index is 448. The molecule has 0 radical (unpaired) electrons. The molecule has 1 fully saturated rings. The van der Waals surface area contributed by atoms with Crippen LogP contribution >= 0.6 is 0 Å². The minimum Gasteiger partial charge on any atom is -0.494 e. The molecule has 0 aromatic rings. The van der Waals surface area contributed by atoms with Crippen LogP contribution in [0.25, 0.3) is 0 Å². The van der Waals surface area contributed by atoms with Crippen LogP contribution in [-0.4, -0.2) is 18.4 Å². The van der Waals surface area contributed by atoms with Gasteiger partial charge in [0.1, 0.15) is 5.76 Å². The summed E-state index contributed by atoms with van der Waals surface area (Å²) >= 11 is 0. The molecule has 96 valence electrons. The van der Waals surface area contributed by atoms with Crippen LogP contribution in [0.5, 0.6) is 0 Å². The minimum atomic E-state index is 0.440. The van der Waals surface area contributed by atoms with Crippen molar-refractivity contribution in [1.29, 1.82) is 0 Å². The molecule has 2 nitrogen and oxygen atoms in total. The van der Waals surface area contributed by atoms with Crippen molar-refractivity contribution in [2.24, 2.45) is 4.99 Å². The van der Waals surface area contributed by atoms with Crippen LogP contribution in [0.1, 0.15) is 45.4 Å². The smallest absolute Gasteiger partial charge is 0.109 e. The van der Waals surface area contributed by atoms with E-state index in [0.29, 0.717) is 6.10 Å². The van der Waals surface area contributed by atoms with Gasteiger partial charge in [-0.1, -0.05) is 18.2 Å². The van der Waals surface area contributed by atoms with Gasteiger partial charge in [0.05, 0.1) is 6.10 Å². The molecule has 0 aromatic heterocycles. The van der Waals surface area contributed by atoms with Crippen molar-refractivity contribution in [3.63, 3.8) is 0 Å². The Labute approximate surface area is 109 Å². The van der Waals surface area contributed by atoms with E-state index in [4.69, 9.17) is 4.74 Å². The van der Waals surface area contributed by atoms with E-state index >= 15 is 0 Å². The number of fused-ring (bicyclic) bond motifs is 1. The summed E-state index contributed by atoms with van der Waals surface area (Å²) in [6.45, 7) is 3.04. The molecule has 0 bridgehead atoms. The third-order valence-electron chi connectivity index (χ3n) is 4.04. The molecule has 0 amide bonds. The summed E-state index contributed by atoms with van der Waals surface area (Å²) in [5.74, 6) is 1.16. The van der Waals surface area contributed by atoms with Crippen molar-refractivity contribution in [3.8, 4) is 0 Å². The number of nitrogens with zero attached hydrogens (tertiary/aromatic N) is 1. The van der Waals surface area contributed by atoms with Crippen molar-refractivity contribution < 1.29 is 4.74 Å². The lowest BCUT2D eigenvalue weighted by Crippen LogP contribution is -2.16. The van der Waals surface area contributed by atoms with Crippen LogP contribution in [0.2, 0.25) is 0 Å². The van der Waals surface area contributed by atoms with Gasteiger partial charge in [0.15, 0.2) is 0 Å². The molecule has 0 N–H and O–H groups in total. The summed E-state index contributed by atoms with van der Waals surface area (Å²) < 4.78 is 6.28. The van der Waals surface area contributed by atoms with Gasteiger partial charge in [0.25, 0.3) is 0 Å². The molecule has 0 spiro atoms. The minimum absolute atomic E-state index is 0.440. The first-order valence-electron chi connectivity index (χ1n) is 7.12. The van der Waals surface area contributed by atoms with E-state index in [1.165, 1.54) is 36.8 Å². The molecule has 2 aliphatic carbocycles. The van der Waals surface area contributed by atoms with E-state index in [0.717, 1.165) is 30.9 Å². The van der Waals surface area contributed by atoms with Gasteiger partial charge in [-0.25, -0.2) is 0 Å². The first-order valence-corrected chi connectivity index (χ1v) is 7.12. The molecule has 0 atom stereocenters. The summed E-state index contributed by atoms with van der Waals surface area (Å²) in [6.07, 6.45) is 14.1. The van der Waals surface area contributed by atoms with Crippen molar-refractivity contribution >= 4 is 5.71 Å². The van der Waals surface area contributed by atoms with Crippen LogP contribution < -0.4 is 0 Å². The Morgan fingerprint density at radius 1 is 1.28 bits per heavy atom. The van der Waals surface area contributed by atoms with Gasteiger partial charge in [0, 0.05) is 24.3 Å². The monoisotopic (exact) mass is 243 g/mol. The van der Waals surface area contributed by atoms with Crippen LogP contribution in [0.15, 0.2) is 40.1 Å². The predicted molar refractivity (Wildman–Crippen MR) is 74.8 cm³/mol. The molecule has 3 rings (SSSR count). The number of hydrogen-bond donors (Lipinski definition) is 0. The maximum atomic E-state index is 6.28. The Hall–Kier alpha value is -1.31. The quantitative estimate of drug-likeness (QED) is 0.719. The molecule has 0 saturated heterocycles. The van der Waals surface area contributed by atoms with Crippen molar-refractivity contribution in [2.45, 2.75) is 51.6 Å². The highest BCUT2D eigenvalue weighted by Crippen LogP contribution is 2.32. The van der Waals surface area contributed by atoms with Crippen LogP contribution in [0, 0.1) is 0 Å². The van der Waals surface area contributed by atoms with Gasteiger partial charge in [-0.2, -0.15) is 0 Å². The molecule has 0 unspecified atom stereocenters. The zero-order valence-electron chi connectivity index (χ0n) is 11.1. The van der Waals surface area contributed by atoms with E-state index in [-0.39, 0.29) is 0 Å². The number of ether oxygens (including phenoxy) is 1. The van der Waals surface area contributed by atoms with E-state index in [2.05, 4.69) is 30.1 Å². The van der Waals surface area contributed by atoms with E-state index in [1.54, 1.807) is 0 Å². The topological polar surface area (TPSA) is 21.6 Å². The first kappa shape index (κ1) is 11.8. The number of aliphatic imine (C=N–C) groups is 1. The molecule has 18 heavy (non-hydrogen) atoms. The Morgan fingerprint density at radius 3 is 2.94 bits per heavy atom. The Balaban J connectivity index is 1.92. The highest BCUT2D eigenvalue weighted by atomic mass is 16.5. The molecule has 0 aromatic carbocycles. The molecule has 1 aliphatic heterocycles. The number of rotatable bonds is 2. The van der Waals surface area contributed by atoms with E-state index in [1.807, 2.05) is 0 Å². The normalized spacial score (nSPS) is 24.5. The summed E-state index contributed by atoms with van der Waals surface area (Å²) in [6, 6.07) is 0. The van der Waals surface area contributed by atoms with Gasteiger partial charge in [0.2, 0.25) is 0 Å². The Morgan fingerprint density at radius 2 is 2.11 bits per heavy atom. The fraction of sp³-hybridized carbons (Fsp3) is 0.562. The second kappa shape index (κ2) is 5.13. The third-order valence-corrected chi connectivity index (χ3v) is 4.04. The molecular formula is C16H21NO. The maximum Gasteiger partial charge on any atom is 0.109 e. The highest BCUT2D eigenvalue weighted by Gasteiger charge is 2.23. The largest absolute Gasteiger partial charge is 0.494 e. The summed E-state index contributed by atoms with van der Waals surface area (Å²) in [5, 5.41) is 0. The van der Waals surface area contributed by atoms with Gasteiger partial charge < -0.3 is 4.74 Å². The van der Waals surface area contributed by atoms with Crippen LogP contribution in [0.4, 0.5) is 0 Å². The molecule has 2 heteroatoms. The fourth-order valence-corrected chi connectivity index (χ4v) is 3.10. The molecular weight excluding hydrogens is 222 g/mol. The van der Waals surface area contributed by atoms with E-state index < -0.39 is 0 Å². The van der Waals surface area contributed by atoms with Gasteiger partial charge in [-0.3, -0.25) is 4.99 Å². The lowest BCUT2D eigenvalue weighted by Gasteiger charge is -2.23. The first-order chi connectivity index (χ1) is 8.84. The van der Waals surface area contributed by atoms with Gasteiger partial charge >= 0.3 is 0 Å². The Kier molecular flexibility index (Phi) is 3.35. The van der Waals surface area contributed by atoms with Crippen molar-refractivity contribution in [1.82, 2.24) is 0 Å². The zero-order valence-corrected chi connectivity index (χ0v) is 11.1. The predicted octanol–water partition coefficient (Wildman–Crippen LogP) is 3.95. The van der Waals surface area contributed by atoms with E-state index in [9.17, 15) is 0 Å². The maximum absolute atomic E-state index is 6.28. The van der Waals surface area contributed by atoms with Crippen LogP contribution in [0.3, 0.4) is 0 Å². The van der Waals surface area contributed by atoms with Crippen molar-refractivity contribution in [3.05, 3.63) is 35.1 Å². The van der Waals surface area contributed by atoms with Gasteiger partial charge in [-0.05, 0) is 44.6 Å². The number of hydrogen-bond acceptors (Lipinski definition) is 2. The average molecular weight is 243 g/mol. The highest BCUT2D eigenvalue weighted by molar-refractivity contribution is 6.03. The summed E-state index contributed by atoms with van der Waals surface area (Å²) in [7, 11) is 0. The second-order valence-electron chi connectivity index (χ2n) is 5.36. The summed E-state index contributed by atoms with van der Waals surface area (Å²) in [4.78, 5) is 4.59. The number of allylic oxidation sites excluding steroid dienone is 4. The van der Waals surface area contributed by atoms with Gasteiger partial charge in [-0.15, -0.1) is 0 Å². The third kappa shape index (κ3) is 2.29. The lowest BCUT2D eigenvalue weighted by atomic mass is 9.95.